The predicted molar refractivity (Wildman–Crippen MR) is 132 cm³/mol. The minimum atomic E-state index is -0.155. The molecule has 4 aliphatic carbocycles. The van der Waals surface area contributed by atoms with E-state index < -0.39 is 0 Å². The minimum Gasteiger partial charge on any atom is -0.299 e. The third-order valence-electron chi connectivity index (χ3n) is 11.5. The Labute approximate surface area is 192 Å². The molecule has 0 aliphatic heterocycles. The molecule has 0 radical (unpaired) electrons. The van der Waals surface area contributed by atoms with Crippen molar-refractivity contribution in [3.8, 4) is 0 Å². The van der Waals surface area contributed by atoms with E-state index in [1.807, 2.05) is 0 Å². The highest BCUT2D eigenvalue weighted by Gasteiger charge is 2.65. The average molecular weight is 425 g/mol. The molecule has 0 bridgehead atoms. The first-order valence-corrected chi connectivity index (χ1v) is 13.2. The number of fused-ring (bicyclic) bond motifs is 5. The molecular weight excluding hydrogens is 376 g/mol. The van der Waals surface area contributed by atoms with Crippen LogP contribution in [-0.2, 0) is 4.79 Å². The van der Waals surface area contributed by atoms with Crippen LogP contribution < -0.4 is 0 Å². The fourth-order valence-corrected chi connectivity index (χ4v) is 9.32. The fourth-order valence-electron chi connectivity index (χ4n) is 9.32. The van der Waals surface area contributed by atoms with Crippen molar-refractivity contribution in [1.29, 1.82) is 0 Å². The van der Waals surface area contributed by atoms with Crippen molar-refractivity contribution in [3.05, 3.63) is 23.3 Å². The van der Waals surface area contributed by atoms with Crippen LogP contribution in [0.25, 0.3) is 0 Å². The summed E-state index contributed by atoms with van der Waals surface area (Å²) in [6.45, 7) is 19.3. The molecule has 1 nitrogen and oxygen atoms in total. The summed E-state index contributed by atoms with van der Waals surface area (Å²) in [7, 11) is 0. The van der Waals surface area contributed by atoms with E-state index in [1.165, 1.54) is 50.5 Å². The van der Waals surface area contributed by atoms with Crippen LogP contribution in [0.15, 0.2) is 23.3 Å². The molecule has 4 aliphatic rings. The minimum absolute atomic E-state index is 0.155. The van der Waals surface area contributed by atoms with Crippen molar-refractivity contribution in [1.82, 2.24) is 0 Å². The van der Waals surface area contributed by atoms with Gasteiger partial charge < -0.3 is 0 Å². The molecule has 4 rings (SSSR count). The Morgan fingerprint density at radius 2 is 1.77 bits per heavy atom. The number of carbonyl (C=O) groups is 1. The number of ketones is 1. The third-order valence-corrected chi connectivity index (χ3v) is 11.5. The number of allylic oxidation sites excluding steroid dienone is 4. The summed E-state index contributed by atoms with van der Waals surface area (Å²) in [5.41, 5.74) is 4.15. The molecular formula is C30H48O. The van der Waals surface area contributed by atoms with E-state index in [1.54, 1.807) is 5.57 Å². The van der Waals surface area contributed by atoms with Crippen molar-refractivity contribution in [2.75, 3.05) is 0 Å². The van der Waals surface area contributed by atoms with E-state index in [4.69, 9.17) is 0 Å². The van der Waals surface area contributed by atoms with E-state index in [-0.39, 0.29) is 10.8 Å². The number of Topliss-reactive ketones (excluding diaryl/α,β-unsaturated/α-hetero) is 1. The summed E-state index contributed by atoms with van der Waals surface area (Å²) in [6, 6.07) is 0. The lowest BCUT2D eigenvalue weighted by molar-refractivity contribution is -0.142. The molecule has 0 N–H and O–H groups in total. The standard InChI is InChI=1S/C30H48O/c1-20(2)10-9-11-21(3)22-14-18-30(8)24-12-13-25-27(4,5)26(31)16-17-28(25,6)23(24)15-19-29(22,30)7/h10,15,21-22,24-25H,9,11-14,16-19H2,1-8H3. The summed E-state index contributed by atoms with van der Waals surface area (Å²) in [6.07, 6.45) is 16.2. The average Bonchev–Trinajstić information content (AvgIpc) is 2.96. The molecule has 31 heavy (non-hydrogen) atoms. The van der Waals surface area contributed by atoms with Gasteiger partial charge in [-0.1, -0.05) is 64.8 Å². The molecule has 0 aromatic rings. The van der Waals surface area contributed by atoms with E-state index in [2.05, 4.69) is 67.5 Å². The summed E-state index contributed by atoms with van der Waals surface area (Å²) >= 11 is 0. The molecule has 1 heteroatoms. The zero-order chi connectivity index (χ0) is 22.8. The topological polar surface area (TPSA) is 17.1 Å². The van der Waals surface area contributed by atoms with Crippen LogP contribution in [0, 0.1) is 45.3 Å². The van der Waals surface area contributed by atoms with Gasteiger partial charge in [-0.05, 0) is 105 Å². The molecule has 0 spiro atoms. The number of rotatable bonds is 4. The van der Waals surface area contributed by atoms with E-state index in [0.29, 0.717) is 22.5 Å². The van der Waals surface area contributed by atoms with Gasteiger partial charge in [0.2, 0.25) is 0 Å². The van der Waals surface area contributed by atoms with E-state index in [0.717, 1.165) is 30.6 Å². The van der Waals surface area contributed by atoms with Crippen molar-refractivity contribution >= 4 is 5.78 Å². The number of carbonyl (C=O) groups excluding carboxylic acids is 1. The van der Waals surface area contributed by atoms with Crippen molar-refractivity contribution in [2.24, 2.45) is 45.3 Å². The molecule has 3 fully saturated rings. The van der Waals surface area contributed by atoms with Crippen LogP contribution in [0.3, 0.4) is 0 Å². The lowest BCUT2D eigenvalue weighted by atomic mass is 9.41. The Hall–Kier alpha value is -0.850. The molecule has 3 saturated carbocycles. The maximum atomic E-state index is 12.8. The number of hydrogen-bond acceptors (Lipinski definition) is 1. The highest BCUT2D eigenvalue weighted by Crippen LogP contribution is 2.72. The molecule has 7 unspecified atom stereocenters. The van der Waals surface area contributed by atoms with Crippen LogP contribution >= 0.6 is 0 Å². The Morgan fingerprint density at radius 1 is 1.06 bits per heavy atom. The van der Waals surface area contributed by atoms with Gasteiger partial charge in [0.1, 0.15) is 5.78 Å². The Balaban J connectivity index is 1.64. The van der Waals surface area contributed by atoms with Gasteiger partial charge in [-0.15, -0.1) is 0 Å². The monoisotopic (exact) mass is 424 g/mol. The predicted octanol–water partition coefficient (Wildman–Crippen LogP) is 8.54. The fraction of sp³-hybridized carbons (Fsp3) is 0.833. The maximum Gasteiger partial charge on any atom is 0.138 e. The zero-order valence-corrected chi connectivity index (χ0v) is 21.7. The second kappa shape index (κ2) is 7.59. The number of hydrogen-bond donors (Lipinski definition) is 0. The second-order valence-corrected chi connectivity index (χ2v) is 13.4. The lowest BCUT2D eigenvalue weighted by Gasteiger charge is -2.63. The van der Waals surface area contributed by atoms with Gasteiger partial charge in [-0.2, -0.15) is 0 Å². The van der Waals surface area contributed by atoms with Crippen LogP contribution in [0.1, 0.15) is 113 Å². The van der Waals surface area contributed by atoms with Gasteiger partial charge in [0.05, 0.1) is 0 Å². The molecule has 0 aromatic carbocycles. The summed E-state index contributed by atoms with van der Waals surface area (Å²) < 4.78 is 0. The molecule has 0 heterocycles. The lowest BCUT2D eigenvalue weighted by Crippen LogP contribution is -2.56. The first-order chi connectivity index (χ1) is 14.4. The highest BCUT2D eigenvalue weighted by molar-refractivity contribution is 5.85. The highest BCUT2D eigenvalue weighted by atomic mass is 16.1. The van der Waals surface area contributed by atoms with Gasteiger partial charge >= 0.3 is 0 Å². The summed E-state index contributed by atoms with van der Waals surface area (Å²) in [4.78, 5) is 12.8. The molecule has 0 saturated heterocycles. The Morgan fingerprint density at radius 3 is 2.45 bits per heavy atom. The van der Waals surface area contributed by atoms with Crippen molar-refractivity contribution < 1.29 is 4.79 Å². The maximum absolute atomic E-state index is 12.8. The first kappa shape index (κ1) is 23.3. The van der Waals surface area contributed by atoms with Gasteiger partial charge in [-0.3, -0.25) is 4.79 Å². The smallest absolute Gasteiger partial charge is 0.138 e. The summed E-state index contributed by atoms with van der Waals surface area (Å²) in [5.74, 6) is 3.40. The van der Waals surface area contributed by atoms with Crippen LogP contribution in [0.5, 0.6) is 0 Å². The normalized spacial score (nSPS) is 44.6. The van der Waals surface area contributed by atoms with E-state index in [9.17, 15) is 4.79 Å². The zero-order valence-electron chi connectivity index (χ0n) is 21.7. The van der Waals surface area contributed by atoms with Crippen LogP contribution in [-0.4, -0.2) is 5.78 Å². The van der Waals surface area contributed by atoms with Crippen LogP contribution in [0.2, 0.25) is 0 Å². The first-order valence-electron chi connectivity index (χ1n) is 13.2. The SMILES string of the molecule is CC(C)=CCCC(C)C1CCC2(C)C3CCC4C(C)(C)C(=O)CCC4(C)C3=CCC12C. The molecule has 7 atom stereocenters. The van der Waals surface area contributed by atoms with Crippen molar-refractivity contribution in [3.63, 3.8) is 0 Å². The molecule has 0 aromatic heterocycles. The van der Waals surface area contributed by atoms with Crippen LogP contribution in [0.4, 0.5) is 0 Å². The van der Waals surface area contributed by atoms with Gasteiger partial charge in [0, 0.05) is 11.8 Å². The molecule has 174 valence electrons. The van der Waals surface area contributed by atoms with Gasteiger partial charge in [-0.25, -0.2) is 0 Å². The Bertz CT molecular complexity index is 795. The van der Waals surface area contributed by atoms with Gasteiger partial charge in [0.15, 0.2) is 0 Å². The Kier molecular flexibility index (Phi) is 5.71. The quantitative estimate of drug-likeness (QED) is 0.413. The summed E-state index contributed by atoms with van der Waals surface area (Å²) in [5, 5.41) is 0. The molecule has 0 amide bonds. The van der Waals surface area contributed by atoms with Gasteiger partial charge in [0.25, 0.3) is 0 Å². The second-order valence-electron chi connectivity index (χ2n) is 13.4. The largest absolute Gasteiger partial charge is 0.299 e. The third kappa shape index (κ3) is 3.26. The van der Waals surface area contributed by atoms with E-state index >= 15 is 0 Å². The van der Waals surface area contributed by atoms with Crippen molar-refractivity contribution in [2.45, 2.75) is 113 Å².